The van der Waals surface area contributed by atoms with Gasteiger partial charge in [0.25, 0.3) is 0 Å². The Labute approximate surface area is 161 Å². The van der Waals surface area contributed by atoms with E-state index >= 15 is 0 Å². The van der Waals surface area contributed by atoms with E-state index in [4.69, 9.17) is 0 Å². The first-order valence-electron chi connectivity index (χ1n) is 10.0. The third kappa shape index (κ3) is 2.26. The summed E-state index contributed by atoms with van der Waals surface area (Å²) >= 11 is 0. The topological polar surface area (TPSA) is 0 Å². The van der Waals surface area contributed by atoms with Crippen LogP contribution in [0.4, 0.5) is 0 Å². The van der Waals surface area contributed by atoms with Gasteiger partial charge in [-0.1, -0.05) is 105 Å². The van der Waals surface area contributed by atoms with Gasteiger partial charge in [0.15, 0.2) is 0 Å². The molecule has 0 bridgehead atoms. The van der Waals surface area contributed by atoms with Crippen LogP contribution < -0.4 is 0 Å². The molecular weight excluding hydrogens is 417 g/mol. The summed E-state index contributed by atoms with van der Waals surface area (Å²) in [7, 11) is -6.74. The highest BCUT2D eigenvalue weighted by Crippen LogP contribution is 2.56. The standard InChI is InChI=1S/C16H48Si8/c1-17(2,3)23(15)19(7,8)21(11,12)24(16,18(4,5)6)22(13,14)20(23,9)10/h1-16H3. The van der Waals surface area contributed by atoms with Crippen LogP contribution in [0.2, 0.25) is 105 Å². The Bertz CT molecular complexity index is 443. The molecule has 1 saturated heterocycles. The van der Waals surface area contributed by atoms with Crippen LogP contribution in [0.5, 0.6) is 0 Å². The van der Waals surface area contributed by atoms with Crippen LogP contribution >= 0.6 is 0 Å². The number of rotatable bonds is 2. The van der Waals surface area contributed by atoms with E-state index in [-0.39, 0.29) is 0 Å². The minimum Gasteiger partial charge on any atom is -0.0750 e. The summed E-state index contributed by atoms with van der Waals surface area (Å²) < 4.78 is 0. The van der Waals surface area contributed by atoms with Crippen LogP contribution in [-0.4, -0.2) is 56.9 Å². The fraction of sp³-hybridized carbons (Fsp3) is 1.00. The number of hydrogen-bond acceptors (Lipinski definition) is 0. The highest BCUT2D eigenvalue weighted by atomic mass is 30.4. The lowest BCUT2D eigenvalue weighted by atomic mass is 11.8. The lowest BCUT2D eigenvalue weighted by Gasteiger charge is -2.78. The molecule has 0 aliphatic carbocycles. The van der Waals surface area contributed by atoms with Crippen molar-refractivity contribution in [1.82, 2.24) is 0 Å². The largest absolute Gasteiger partial charge is 0.0750 e. The molecule has 0 unspecified atom stereocenters. The Morgan fingerprint density at radius 2 is 0.458 bits per heavy atom. The van der Waals surface area contributed by atoms with E-state index in [0.717, 1.165) is 0 Å². The smallest absolute Gasteiger partial charge is 0.0329 e. The molecule has 0 saturated carbocycles. The highest BCUT2D eigenvalue weighted by Gasteiger charge is 2.82. The van der Waals surface area contributed by atoms with Gasteiger partial charge in [0, 0.05) is 56.9 Å². The van der Waals surface area contributed by atoms with E-state index in [1.807, 2.05) is 0 Å². The van der Waals surface area contributed by atoms with Crippen molar-refractivity contribution in [3.05, 3.63) is 0 Å². The van der Waals surface area contributed by atoms with E-state index < -0.39 is 56.9 Å². The summed E-state index contributed by atoms with van der Waals surface area (Å²) in [5.74, 6) is 0. The maximum Gasteiger partial charge on any atom is 0.0329 e. The molecule has 0 aromatic heterocycles. The SMILES string of the molecule is C[Si](C)(C)[Si]1(C)[Si](C)(C)[Si](C)(C)[Si](C)([Si](C)(C)C)[Si](C)(C)[Si]1(C)C. The van der Waals surface area contributed by atoms with Crippen molar-refractivity contribution >= 4 is 56.9 Å². The molecule has 0 spiro atoms. The normalized spacial score (nSPS) is 38.0. The van der Waals surface area contributed by atoms with Crippen molar-refractivity contribution in [3.63, 3.8) is 0 Å². The lowest BCUT2D eigenvalue weighted by Crippen LogP contribution is -3.08. The molecule has 144 valence electrons. The first kappa shape index (κ1) is 23.8. The second-order valence-corrected chi connectivity index (χ2v) is 112. The maximum absolute atomic E-state index is 3.01. The Morgan fingerprint density at radius 3 is 0.542 bits per heavy atom. The minimum atomic E-state index is -1.14. The highest BCUT2D eigenvalue weighted by molar-refractivity contribution is 8.24. The zero-order chi connectivity index (χ0) is 20.0. The fourth-order valence-electron chi connectivity index (χ4n) is 7.81. The summed E-state index contributed by atoms with van der Waals surface area (Å²) in [4.78, 5) is 0. The molecule has 0 aromatic rings. The van der Waals surface area contributed by atoms with Crippen molar-refractivity contribution in [2.45, 2.75) is 105 Å². The van der Waals surface area contributed by atoms with Crippen LogP contribution in [0.1, 0.15) is 0 Å². The minimum absolute atomic E-state index is 1.08. The average Bonchev–Trinajstić information content (AvgIpc) is 2.31. The zero-order valence-corrected chi connectivity index (χ0v) is 28.0. The summed E-state index contributed by atoms with van der Waals surface area (Å²) in [6.07, 6.45) is 0. The quantitative estimate of drug-likeness (QED) is 0.421. The molecule has 0 radical (unpaired) electrons. The van der Waals surface area contributed by atoms with Crippen molar-refractivity contribution in [3.8, 4) is 0 Å². The van der Waals surface area contributed by atoms with Crippen LogP contribution in [0.3, 0.4) is 0 Å². The monoisotopic (exact) mass is 464 g/mol. The second-order valence-electron chi connectivity index (χ2n) is 13.2. The Hall–Kier alpha value is 1.74. The van der Waals surface area contributed by atoms with Crippen LogP contribution in [-0.2, 0) is 0 Å². The molecular formula is C16H48Si8. The molecule has 1 aliphatic rings. The molecule has 8 heteroatoms. The molecule has 1 heterocycles. The molecule has 24 heavy (non-hydrogen) atoms. The molecule has 1 rings (SSSR count). The van der Waals surface area contributed by atoms with E-state index in [2.05, 4.69) is 105 Å². The first-order chi connectivity index (χ1) is 10.0. The second kappa shape index (κ2) is 5.63. The Balaban J connectivity index is 4.10. The van der Waals surface area contributed by atoms with Gasteiger partial charge in [-0.25, -0.2) is 0 Å². The first-order valence-corrected chi connectivity index (χ1v) is 42.0. The summed E-state index contributed by atoms with van der Waals surface area (Å²) in [5.41, 5.74) is 0. The van der Waals surface area contributed by atoms with E-state index in [9.17, 15) is 0 Å². The van der Waals surface area contributed by atoms with Gasteiger partial charge in [-0.3, -0.25) is 0 Å². The molecule has 0 nitrogen and oxygen atoms in total. The molecule has 0 N–H and O–H groups in total. The van der Waals surface area contributed by atoms with Crippen molar-refractivity contribution < 1.29 is 0 Å². The van der Waals surface area contributed by atoms with Gasteiger partial charge in [0.2, 0.25) is 0 Å². The van der Waals surface area contributed by atoms with Gasteiger partial charge in [-0.05, 0) is 0 Å². The van der Waals surface area contributed by atoms with Gasteiger partial charge < -0.3 is 0 Å². The summed E-state index contributed by atoms with van der Waals surface area (Å²) in [5, 5.41) is 0. The van der Waals surface area contributed by atoms with Gasteiger partial charge in [-0.2, -0.15) is 0 Å². The summed E-state index contributed by atoms with van der Waals surface area (Å²) in [6, 6.07) is 0. The van der Waals surface area contributed by atoms with Crippen LogP contribution in [0.15, 0.2) is 0 Å². The van der Waals surface area contributed by atoms with E-state index in [1.165, 1.54) is 0 Å². The third-order valence-corrected chi connectivity index (χ3v) is 235. The van der Waals surface area contributed by atoms with Gasteiger partial charge in [0.05, 0.1) is 0 Å². The Morgan fingerprint density at radius 1 is 0.333 bits per heavy atom. The van der Waals surface area contributed by atoms with Crippen LogP contribution in [0, 0.1) is 0 Å². The molecule has 1 aliphatic heterocycles. The van der Waals surface area contributed by atoms with Crippen LogP contribution in [0.25, 0.3) is 0 Å². The predicted molar refractivity (Wildman–Crippen MR) is 140 cm³/mol. The third-order valence-electron chi connectivity index (χ3n) is 11.1. The van der Waals surface area contributed by atoms with E-state index in [0.29, 0.717) is 0 Å². The lowest BCUT2D eigenvalue weighted by molar-refractivity contribution is 1.71. The van der Waals surface area contributed by atoms with Gasteiger partial charge in [0.1, 0.15) is 0 Å². The number of hydrogen-bond donors (Lipinski definition) is 0. The predicted octanol–water partition coefficient (Wildman–Crippen LogP) is 6.29. The Kier molecular flexibility index (Phi) is 5.58. The van der Waals surface area contributed by atoms with Crippen molar-refractivity contribution in [2.24, 2.45) is 0 Å². The van der Waals surface area contributed by atoms with Crippen molar-refractivity contribution in [2.75, 3.05) is 0 Å². The molecule has 0 atom stereocenters. The molecule has 0 aromatic carbocycles. The fourth-order valence-corrected chi connectivity index (χ4v) is 413. The van der Waals surface area contributed by atoms with Crippen molar-refractivity contribution in [1.29, 1.82) is 0 Å². The maximum atomic E-state index is 3.01. The van der Waals surface area contributed by atoms with Gasteiger partial charge >= 0.3 is 0 Å². The summed E-state index contributed by atoms with van der Waals surface area (Å²) in [6.45, 7) is 44.3. The van der Waals surface area contributed by atoms with Gasteiger partial charge in [-0.15, -0.1) is 0 Å². The molecule has 1 fully saturated rings. The van der Waals surface area contributed by atoms with E-state index in [1.54, 1.807) is 0 Å². The molecule has 0 amide bonds. The zero-order valence-electron chi connectivity index (χ0n) is 20.0. The average molecular weight is 465 g/mol.